The molecule has 1 aliphatic heterocycles. The molecular formula is C19H17NS2. The number of anilines is 1. The van der Waals surface area contributed by atoms with E-state index in [1.807, 2.05) is 23.5 Å². The van der Waals surface area contributed by atoms with Gasteiger partial charge in [-0.25, -0.2) is 0 Å². The number of thioether (sulfide) groups is 2. The van der Waals surface area contributed by atoms with Crippen LogP contribution in [0.2, 0.25) is 0 Å². The fraction of sp³-hybridized carbons (Fsp3) is 0.158. The third-order valence-corrected chi connectivity index (χ3v) is 6.76. The maximum absolute atomic E-state index is 3.47. The number of fused-ring (bicyclic) bond motifs is 2. The molecule has 0 radical (unpaired) electrons. The van der Waals surface area contributed by atoms with Crippen molar-refractivity contribution in [3.05, 3.63) is 66.2 Å². The van der Waals surface area contributed by atoms with Crippen molar-refractivity contribution in [1.29, 1.82) is 0 Å². The molecule has 3 aromatic rings. The Labute approximate surface area is 139 Å². The maximum atomic E-state index is 3.47. The molecule has 1 aliphatic rings. The van der Waals surface area contributed by atoms with E-state index < -0.39 is 0 Å². The summed E-state index contributed by atoms with van der Waals surface area (Å²) in [5.41, 5.74) is 2.65. The minimum atomic E-state index is 0.443. The van der Waals surface area contributed by atoms with Gasteiger partial charge in [-0.05, 0) is 36.1 Å². The first-order valence-electron chi connectivity index (χ1n) is 7.54. The van der Waals surface area contributed by atoms with Crippen molar-refractivity contribution in [2.24, 2.45) is 0 Å². The van der Waals surface area contributed by atoms with Gasteiger partial charge in [0.2, 0.25) is 0 Å². The fourth-order valence-electron chi connectivity index (χ4n) is 2.90. The highest BCUT2D eigenvalue weighted by atomic mass is 32.2. The lowest BCUT2D eigenvalue weighted by Gasteiger charge is -2.15. The summed E-state index contributed by atoms with van der Waals surface area (Å²) in [6, 6.07) is 21.9. The molecule has 0 saturated carbocycles. The predicted octanol–water partition coefficient (Wildman–Crippen LogP) is 6.17. The lowest BCUT2D eigenvalue weighted by atomic mass is 10.0. The highest BCUT2D eigenvalue weighted by Crippen LogP contribution is 2.57. The Hall–Kier alpha value is -1.58. The molecule has 0 unspecified atom stereocenters. The first kappa shape index (κ1) is 14.0. The molecule has 1 N–H and O–H groups in total. The van der Waals surface area contributed by atoms with Crippen LogP contribution in [0.1, 0.15) is 17.1 Å². The Bertz CT molecular complexity index is 804. The fourth-order valence-corrected chi connectivity index (χ4v) is 5.81. The average Bonchev–Trinajstić information content (AvgIpc) is 2.99. The van der Waals surface area contributed by atoms with E-state index in [0.717, 1.165) is 6.54 Å². The molecule has 0 spiro atoms. The van der Waals surface area contributed by atoms with Crippen LogP contribution >= 0.6 is 23.5 Å². The maximum Gasteiger partial charge on any atom is 0.0852 e. The van der Waals surface area contributed by atoms with Crippen LogP contribution < -0.4 is 5.32 Å². The van der Waals surface area contributed by atoms with E-state index in [0.29, 0.717) is 4.58 Å². The van der Waals surface area contributed by atoms with Gasteiger partial charge in [0.1, 0.15) is 0 Å². The summed E-state index contributed by atoms with van der Waals surface area (Å²) in [6.07, 6.45) is 0. The molecule has 0 atom stereocenters. The Kier molecular flexibility index (Phi) is 3.77. The molecule has 0 bridgehead atoms. The Morgan fingerprint density at radius 3 is 2.14 bits per heavy atom. The lowest BCUT2D eigenvalue weighted by molar-refractivity contribution is 1.22. The topological polar surface area (TPSA) is 12.0 Å². The van der Waals surface area contributed by atoms with E-state index in [4.69, 9.17) is 0 Å². The van der Waals surface area contributed by atoms with Crippen LogP contribution in [0.3, 0.4) is 0 Å². The molecule has 3 aromatic carbocycles. The second-order valence-corrected chi connectivity index (χ2v) is 7.88. The van der Waals surface area contributed by atoms with Gasteiger partial charge >= 0.3 is 0 Å². The van der Waals surface area contributed by atoms with Gasteiger partial charge in [0.15, 0.2) is 0 Å². The zero-order valence-electron chi connectivity index (χ0n) is 12.4. The Morgan fingerprint density at radius 1 is 0.818 bits per heavy atom. The molecule has 110 valence electrons. The smallest absolute Gasteiger partial charge is 0.0852 e. The van der Waals surface area contributed by atoms with Crippen molar-refractivity contribution in [3.8, 4) is 0 Å². The summed E-state index contributed by atoms with van der Waals surface area (Å²) in [4.78, 5) is 2.80. The van der Waals surface area contributed by atoms with Crippen molar-refractivity contribution in [2.45, 2.75) is 21.3 Å². The summed E-state index contributed by atoms with van der Waals surface area (Å²) in [5.74, 6) is 0. The molecule has 0 saturated heterocycles. The first-order chi connectivity index (χ1) is 10.9. The molecule has 22 heavy (non-hydrogen) atoms. The van der Waals surface area contributed by atoms with Crippen LogP contribution in [0, 0.1) is 0 Å². The van der Waals surface area contributed by atoms with Gasteiger partial charge in [0.05, 0.1) is 4.58 Å². The zero-order valence-corrected chi connectivity index (χ0v) is 14.0. The normalized spacial score (nSPS) is 14.2. The Morgan fingerprint density at radius 2 is 1.45 bits per heavy atom. The highest BCUT2D eigenvalue weighted by Gasteiger charge is 2.25. The van der Waals surface area contributed by atoms with Crippen molar-refractivity contribution >= 4 is 40.0 Å². The predicted molar refractivity (Wildman–Crippen MR) is 99.0 cm³/mol. The average molecular weight is 323 g/mol. The van der Waals surface area contributed by atoms with Gasteiger partial charge in [-0.3, -0.25) is 0 Å². The molecule has 4 rings (SSSR count). The molecule has 0 aromatic heterocycles. The van der Waals surface area contributed by atoms with Crippen molar-refractivity contribution in [3.63, 3.8) is 0 Å². The zero-order chi connectivity index (χ0) is 14.9. The Balaban J connectivity index is 1.79. The SMILES string of the molecule is CCNc1ccc(C2Sc3ccccc3S2)c2ccccc12. The molecule has 0 aliphatic carbocycles. The van der Waals surface area contributed by atoms with Gasteiger partial charge < -0.3 is 5.32 Å². The van der Waals surface area contributed by atoms with Crippen LogP contribution in [0.5, 0.6) is 0 Å². The van der Waals surface area contributed by atoms with E-state index in [2.05, 4.69) is 72.9 Å². The summed E-state index contributed by atoms with van der Waals surface area (Å²) >= 11 is 3.93. The number of hydrogen-bond donors (Lipinski definition) is 1. The summed E-state index contributed by atoms with van der Waals surface area (Å²) < 4.78 is 0.443. The largest absolute Gasteiger partial charge is 0.385 e. The van der Waals surface area contributed by atoms with E-state index in [-0.39, 0.29) is 0 Å². The standard InChI is InChI=1S/C19H17NS2/c1-2-20-16-12-11-15(13-7-3-4-8-14(13)16)19-21-17-9-5-6-10-18(17)22-19/h3-12,19-20H,2H2,1H3. The summed E-state index contributed by atoms with van der Waals surface area (Å²) in [6.45, 7) is 3.09. The van der Waals surface area contributed by atoms with E-state index in [1.54, 1.807) is 0 Å². The molecule has 3 heteroatoms. The van der Waals surface area contributed by atoms with Crippen LogP contribution in [0.4, 0.5) is 5.69 Å². The molecule has 1 heterocycles. The quantitative estimate of drug-likeness (QED) is 0.619. The molecule has 0 fully saturated rings. The number of benzene rings is 3. The van der Waals surface area contributed by atoms with E-state index >= 15 is 0 Å². The lowest BCUT2D eigenvalue weighted by Crippen LogP contribution is -1.98. The minimum Gasteiger partial charge on any atom is -0.385 e. The number of nitrogens with one attached hydrogen (secondary N) is 1. The second-order valence-electron chi connectivity index (χ2n) is 5.29. The monoisotopic (exact) mass is 323 g/mol. The van der Waals surface area contributed by atoms with Gasteiger partial charge in [-0.15, -0.1) is 23.5 Å². The first-order valence-corrected chi connectivity index (χ1v) is 9.30. The molecule has 0 amide bonds. The number of rotatable bonds is 3. The van der Waals surface area contributed by atoms with Crippen LogP contribution in [-0.2, 0) is 0 Å². The summed E-state index contributed by atoms with van der Waals surface area (Å²) in [7, 11) is 0. The van der Waals surface area contributed by atoms with Crippen molar-refractivity contribution < 1.29 is 0 Å². The third-order valence-electron chi connectivity index (χ3n) is 3.90. The molecule has 1 nitrogen and oxygen atoms in total. The second kappa shape index (κ2) is 5.90. The summed E-state index contributed by atoms with van der Waals surface area (Å²) in [5, 5.41) is 6.15. The van der Waals surface area contributed by atoms with Crippen LogP contribution in [0.25, 0.3) is 10.8 Å². The third kappa shape index (κ3) is 2.38. The molecular weight excluding hydrogens is 306 g/mol. The number of hydrogen-bond acceptors (Lipinski definition) is 3. The highest BCUT2D eigenvalue weighted by molar-refractivity contribution is 8.19. The minimum absolute atomic E-state index is 0.443. The van der Waals surface area contributed by atoms with Gasteiger partial charge in [-0.1, -0.05) is 42.5 Å². The van der Waals surface area contributed by atoms with Gasteiger partial charge in [0.25, 0.3) is 0 Å². The van der Waals surface area contributed by atoms with Crippen LogP contribution in [0.15, 0.2) is 70.5 Å². The van der Waals surface area contributed by atoms with Crippen molar-refractivity contribution in [1.82, 2.24) is 0 Å². The van der Waals surface area contributed by atoms with Crippen LogP contribution in [-0.4, -0.2) is 6.54 Å². The van der Waals surface area contributed by atoms with Crippen molar-refractivity contribution in [2.75, 3.05) is 11.9 Å². The van der Waals surface area contributed by atoms with E-state index in [9.17, 15) is 0 Å². The van der Waals surface area contributed by atoms with E-state index in [1.165, 1.54) is 31.8 Å². The van der Waals surface area contributed by atoms with Gasteiger partial charge in [0, 0.05) is 27.4 Å². The van der Waals surface area contributed by atoms with Gasteiger partial charge in [-0.2, -0.15) is 0 Å².